The van der Waals surface area contributed by atoms with Gasteiger partial charge >= 0.3 is 5.97 Å². The molecule has 5 nitrogen and oxygen atoms in total. The fraction of sp³-hybridized carbons (Fsp3) is 0.409. The first kappa shape index (κ1) is 20.4. The van der Waals surface area contributed by atoms with E-state index in [1.54, 1.807) is 25.3 Å². The Hall–Kier alpha value is -2.34. The third-order valence-electron chi connectivity index (χ3n) is 4.95. The summed E-state index contributed by atoms with van der Waals surface area (Å²) in [6.45, 7) is 2.07. The summed E-state index contributed by atoms with van der Waals surface area (Å²) < 4.78 is 5.07. The number of rotatable bonds is 8. The highest BCUT2D eigenvalue weighted by Crippen LogP contribution is 2.35. The molecule has 1 aromatic heterocycles. The number of hydrogen-bond donors (Lipinski definition) is 1. The molecule has 0 bridgehead atoms. The van der Waals surface area contributed by atoms with Crippen molar-refractivity contribution in [2.24, 2.45) is 5.92 Å². The lowest BCUT2D eigenvalue weighted by molar-refractivity contribution is -0.119. The highest BCUT2D eigenvalue weighted by atomic mass is 32.2. The lowest BCUT2D eigenvalue weighted by atomic mass is 9.91. The predicted octanol–water partition coefficient (Wildman–Crippen LogP) is 4.40. The number of carbonyl (C=O) groups is 2. The van der Waals surface area contributed by atoms with Crippen LogP contribution in [-0.2, 0) is 9.53 Å². The molecule has 6 heteroatoms. The lowest BCUT2D eigenvalue weighted by Gasteiger charge is -2.25. The summed E-state index contributed by atoms with van der Waals surface area (Å²) in [6, 6.07) is 13.6. The molecule has 2 aromatic rings. The zero-order valence-electron chi connectivity index (χ0n) is 16.1. The Bertz CT molecular complexity index is 791. The molecule has 3 rings (SSSR count). The van der Waals surface area contributed by atoms with Crippen molar-refractivity contribution in [3.63, 3.8) is 0 Å². The van der Waals surface area contributed by atoms with Gasteiger partial charge in [0.05, 0.1) is 24.0 Å². The van der Waals surface area contributed by atoms with E-state index in [9.17, 15) is 9.59 Å². The third-order valence-corrected chi connectivity index (χ3v) is 5.96. The number of benzene rings is 1. The van der Waals surface area contributed by atoms with Crippen LogP contribution in [0.3, 0.4) is 0 Å². The molecular weight excluding hydrogens is 372 g/mol. The SMILES string of the molecule is CCOC(=O)c1cccnc1SCC(=O)NC(c1ccccc1)C1CCCC1. The Balaban J connectivity index is 1.65. The Kier molecular flexibility index (Phi) is 7.48. The maximum atomic E-state index is 12.7. The third kappa shape index (κ3) is 5.35. The molecule has 0 spiro atoms. The average Bonchev–Trinajstić information content (AvgIpc) is 3.26. The average molecular weight is 399 g/mol. The molecule has 1 amide bonds. The molecule has 28 heavy (non-hydrogen) atoms. The van der Waals surface area contributed by atoms with Gasteiger partial charge in [0, 0.05) is 6.20 Å². The monoisotopic (exact) mass is 398 g/mol. The Labute approximate surface area is 170 Å². The molecule has 1 aliphatic rings. The quantitative estimate of drug-likeness (QED) is 0.527. The second kappa shape index (κ2) is 10.3. The van der Waals surface area contributed by atoms with E-state index in [2.05, 4.69) is 22.4 Å². The van der Waals surface area contributed by atoms with Crippen molar-refractivity contribution in [3.05, 3.63) is 59.8 Å². The Morgan fingerprint density at radius 2 is 1.93 bits per heavy atom. The zero-order valence-corrected chi connectivity index (χ0v) is 16.9. The van der Waals surface area contributed by atoms with Crippen molar-refractivity contribution in [2.45, 2.75) is 43.7 Å². The van der Waals surface area contributed by atoms with Crippen LogP contribution in [0.15, 0.2) is 53.7 Å². The lowest BCUT2D eigenvalue weighted by Crippen LogP contribution is -2.34. The summed E-state index contributed by atoms with van der Waals surface area (Å²) in [5.74, 6) is 0.221. The van der Waals surface area contributed by atoms with Gasteiger partial charge in [-0.15, -0.1) is 0 Å². The van der Waals surface area contributed by atoms with Gasteiger partial charge in [-0.3, -0.25) is 4.79 Å². The number of ether oxygens (including phenoxy) is 1. The smallest absolute Gasteiger partial charge is 0.340 e. The number of amides is 1. The Morgan fingerprint density at radius 1 is 1.18 bits per heavy atom. The van der Waals surface area contributed by atoms with E-state index in [-0.39, 0.29) is 17.7 Å². The molecule has 1 N–H and O–H groups in total. The van der Waals surface area contributed by atoms with Gasteiger partial charge in [0.15, 0.2) is 0 Å². The van der Waals surface area contributed by atoms with E-state index < -0.39 is 5.97 Å². The van der Waals surface area contributed by atoms with Crippen molar-refractivity contribution >= 4 is 23.6 Å². The topological polar surface area (TPSA) is 68.3 Å². The molecule has 0 radical (unpaired) electrons. The first-order valence-corrected chi connectivity index (χ1v) is 10.8. The summed E-state index contributed by atoms with van der Waals surface area (Å²) in [5, 5.41) is 3.74. The van der Waals surface area contributed by atoms with Gasteiger partial charge in [0.25, 0.3) is 0 Å². The van der Waals surface area contributed by atoms with Gasteiger partial charge in [-0.2, -0.15) is 0 Å². The van der Waals surface area contributed by atoms with Crippen molar-refractivity contribution in [3.8, 4) is 0 Å². The molecular formula is C22H26N2O3S. The molecule has 1 aliphatic carbocycles. The van der Waals surface area contributed by atoms with Crippen LogP contribution in [0.1, 0.15) is 54.6 Å². The maximum Gasteiger partial charge on any atom is 0.340 e. The number of esters is 1. The molecule has 1 unspecified atom stereocenters. The molecule has 1 fully saturated rings. The standard InChI is InChI=1S/C22H26N2O3S/c1-2-27-22(26)18-13-8-14-23-21(18)28-15-19(25)24-20(17-11-6-7-12-17)16-9-4-3-5-10-16/h3-5,8-10,13-14,17,20H,2,6-7,11-12,15H2,1H3,(H,24,25). The van der Waals surface area contributed by atoms with Crippen molar-refractivity contribution in [2.75, 3.05) is 12.4 Å². The number of aromatic nitrogens is 1. The summed E-state index contributed by atoms with van der Waals surface area (Å²) in [4.78, 5) is 29.0. The fourth-order valence-electron chi connectivity index (χ4n) is 3.64. The van der Waals surface area contributed by atoms with Crippen molar-refractivity contribution < 1.29 is 14.3 Å². The van der Waals surface area contributed by atoms with E-state index in [4.69, 9.17) is 4.74 Å². The molecule has 0 saturated heterocycles. The normalized spacial score (nSPS) is 15.2. The van der Waals surface area contributed by atoms with Gasteiger partial charge in [-0.1, -0.05) is 54.9 Å². The van der Waals surface area contributed by atoms with Crippen LogP contribution in [0.2, 0.25) is 0 Å². The number of pyridine rings is 1. The van der Waals surface area contributed by atoms with Gasteiger partial charge < -0.3 is 10.1 Å². The minimum absolute atomic E-state index is 0.0325. The summed E-state index contributed by atoms with van der Waals surface area (Å²) in [6.07, 6.45) is 6.33. The van der Waals surface area contributed by atoms with Crippen LogP contribution in [0, 0.1) is 5.92 Å². The first-order chi connectivity index (χ1) is 13.7. The van der Waals surface area contributed by atoms with Crippen LogP contribution in [-0.4, -0.2) is 29.2 Å². The summed E-state index contributed by atoms with van der Waals surface area (Å²) in [5.41, 5.74) is 1.55. The second-order valence-corrected chi connectivity index (χ2v) is 7.83. The van der Waals surface area contributed by atoms with Crippen molar-refractivity contribution in [1.82, 2.24) is 10.3 Å². The molecule has 1 atom stereocenters. The van der Waals surface area contributed by atoms with Crippen LogP contribution in [0.4, 0.5) is 0 Å². The first-order valence-electron chi connectivity index (χ1n) is 9.78. The van der Waals surface area contributed by atoms with Gasteiger partial charge in [-0.05, 0) is 43.4 Å². The number of nitrogens with zero attached hydrogens (tertiary/aromatic N) is 1. The molecule has 1 saturated carbocycles. The van der Waals surface area contributed by atoms with Crippen LogP contribution >= 0.6 is 11.8 Å². The van der Waals surface area contributed by atoms with Crippen LogP contribution in [0.5, 0.6) is 0 Å². The van der Waals surface area contributed by atoms with E-state index in [0.717, 1.165) is 18.4 Å². The van der Waals surface area contributed by atoms with Gasteiger partial charge in [0.1, 0.15) is 5.03 Å². The van der Waals surface area contributed by atoms with Crippen molar-refractivity contribution in [1.29, 1.82) is 0 Å². The van der Waals surface area contributed by atoms with E-state index in [0.29, 0.717) is 23.1 Å². The Morgan fingerprint density at radius 3 is 2.64 bits per heavy atom. The second-order valence-electron chi connectivity index (χ2n) is 6.87. The number of carbonyl (C=O) groups excluding carboxylic acids is 2. The molecule has 1 aromatic carbocycles. The van der Waals surface area contributed by atoms with E-state index in [1.165, 1.54) is 24.6 Å². The highest BCUT2D eigenvalue weighted by Gasteiger charge is 2.27. The van der Waals surface area contributed by atoms with Crippen LogP contribution in [0.25, 0.3) is 0 Å². The summed E-state index contributed by atoms with van der Waals surface area (Å²) >= 11 is 1.27. The number of thioether (sulfide) groups is 1. The zero-order chi connectivity index (χ0) is 19.8. The molecule has 0 aliphatic heterocycles. The fourth-order valence-corrected chi connectivity index (χ4v) is 4.44. The molecule has 1 heterocycles. The van der Waals surface area contributed by atoms with Crippen LogP contribution < -0.4 is 5.32 Å². The highest BCUT2D eigenvalue weighted by molar-refractivity contribution is 8.00. The minimum atomic E-state index is -0.411. The minimum Gasteiger partial charge on any atom is -0.462 e. The van der Waals surface area contributed by atoms with E-state index in [1.807, 2.05) is 18.2 Å². The number of nitrogens with one attached hydrogen (secondary N) is 1. The maximum absolute atomic E-state index is 12.7. The van der Waals surface area contributed by atoms with E-state index >= 15 is 0 Å². The number of hydrogen-bond acceptors (Lipinski definition) is 5. The summed E-state index contributed by atoms with van der Waals surface area (Å²) in [7, 11) is 0. The van der Waals surface area contributed by atoms with Gasteiger partial charge in [-0.25, -0.2) is 9.78 Å². The predicted molar refractivity (Wildman–Crippen MR) is 110 cm³/mol. The van der Waals surface area contributed by atoms with Gasteiger partial charge in [0.2, 0.25) is 5.91 Å². The molecule has 148 valence electrons. The largest absolute Gasteiger partial charge is 0.462 e.